The van der Waals surface area contributed by atoms with Crippen LogP contribution < -0.4 is 10.9 Å². The normalized spacial score (nSPS) is 10.2. The van der Waals surface area contributed by atoms with Gasteiger partial charge in [0, 0.05) is 29.7 Å². The third-order valence-corrected chi connectivity index (χ3v) is 3.20. The molecule has 0 saturated carbocycles. The van der Waals surface area contributed by atoms with Crippen LogP contribution in [0, 0.1) is 0 Å². The fourth-order valence-corrected chi connectivity index (χ4v) is 2.07. The Morgan fingerprint density at radius 3 is 2.45 bits per heavy atom. The van der Waals surface area contributed by atoms with Crippen molar-refractivity contribution >= 4 is 11.6 Å². The van der Waals surface area contributed by atoms with Gasteiger partial charge in [-0.05, 0) is 35.9 Å². The van der Waals surface area contributed by atoms with Crippen LogP contribution in [0.3, 0.4) is 0 Å². The van der Waals surface area contributed by atoms with E-state index in [2.05, 4.69) is 15.3 Å². The minimum atomic E-state index is -0.345. The Hall–Kier alpha value is -3.21. The summed E-state index contributed by atoms with van der Waals surface area (Å²) in [4.78, 5) is 30.6. The lowest BCUT2D eigenvalue weighted by atomic mass is 10.1. The number of hydrogen-bond donors (Lipinski definition) is 2. The van der Waals surface area contributed by atoms with Gasteiger partial charge in [0.2, 0.25) is 0 Å². The molecule has 0 aliphatic rings. The lowest BCUT2D eigenvalue weighted by molar-refractivity contribution is 0.102. The number of H-pyrrole nitrogens is 1. The quantitative estimate of drug-likeness (QED) is 0.779. The average Bonchev–Trinajstić information content (AvgIpc) is 2.58. The van der Waals surface area contributed by atoms with Crippen molar-refractivity contribution in [3.8, 4) is 11.1 Å². The van der Waals surface area contributed by atoms with Crippen molar-refractivity contribution in [3.63, 3.8) is 0 Å². The molecule has 0 bridgehead atoms. The number of anilines is 1. The maximum atomic E-state index is 12.1. The second kappa shape index (κ2) is 6.05. The van der Waals surface area contributed by atoms with Gasteiger partial charge < -0.3 is 10.3 Å². The average molecular weight is 291 g/mol. The summed E-state index contributed by atoms with van der Waals surface area (Å²) >= 11 is 0. The van der Waals surface area contributed by atoms with Gasteiger partial charge in [-0.2, -0.15) is 0 Å². The summed E-state index contributed by atoms with van der Waals surface area (Å²) < 4.78 is 0. The van der Waals surface area contributed by atoms with Gasteiger partial charge in [-0.3, -0.25) is 14.6 Å². The highest BCUT2D eigenvalue weighted by atomic mass is 16.2. The van der Waals surface area contributed by atoms with E-state index in [9.17, 15) is 9.59 Å². The Bertz CT molecular complexity index is 843. The largest absolute Gasteiger partial charge is 0.327 e. The minimum Gasteiger partial charge on any atom is -0.327 e. The van der Waals surface area contributed by atoms with Gasteiger partial charge in [0.1, 0.15) is 5.69 Å². The molecule has 2 N–H and O–H groups in total. The predicted octanol–water partition coefficient (Wildman–Crippen LogP) is 2.69. The van der Waals surface area contributed by atoms with Gasteiger partial charge >= 0.3 is 0 Å². The highest BCUT2D eigenvalue weighted by molar-refractivity contribution is 6.04. The molecule has 0 aliphatic carbocycles. The SMILES string of the molecule is O=C(Nc1cc(-c2ccncc2)c[nH]c1=O)c1ccccc1. The molecule has 0 radical (unpaired) electrons. The van der Waals surface area contributed by atoms with E-state index in [1.54, 1.807) is 48.9 Å². The number of nitrogens with one attached hydrogen (secondary N) is 2. The molecule has 3 aromatic rings. The van der Waals surface area contributed by atoms with E-state index in [-0.39, 0.29) is 17.2 Å². The molecular formula is C17H13N3O2. The number of pyridine rings is 2. The lowest BCUT2D eigenvalue weighted by Gasteiger charge is -2.07. The monoisotopic (exact) mass is 291 g/mol. The summed E-state index contributed by atoms with van der Waals surface area (Å²) in [5.74, 6) is -0.321. The summed E-state index contributed by atoms with van der Waals surface area (Å²) in [5, 5.41) is 2.64. The zero-order chi connectivity index (χ0) is 15.4. The molecule has 0 unspecified atom stereocenters. The summed E-state index contributed by atoms with van der Waals surface area (Å²) in [7, 11) is 0. The topological polar surface area (TPSA) is 74.8 Å². The number of carbonyl (C=O) groups is 1. The molecule has 0 saturated heterocycles. The van der Waals surface area contributed by atoms with Crippen LogP contribution in [0.5, 0.6) is 0 Å². The first-order chi connectivity index (χ1) is 10.7. The maximum Gasteiger partial charge on any atom is 0.271 e. The Labute approximate surface area is 126 Å². The number of aromatic nitrogens is 2. The standard InChI is InChI=1S/C17H13N3O2/c21-16(13-4-2-1-3-5-13)20-15-10-14(11-19-17(15)22)12-6-8-18-9-7-12/h1-11H,(H,19,22)(H,20,21). The van der Waals surface area contributed by atoms with Crippen molar-refractivity contribution in [2.45, 2.75) is 0 Å². The van der Waals surface area contributed by atoms with Gasteiger partial charge in [-0.15, -0.1) is 0 Å². The number of amides is 1. The third kappa shape index (κ3) is 2.93. The fraction of sp³-hybridized carbons (Fsp3) is 0. The van der Waals surface area contributed by atoms with Crippen LogP contribution in [0.1, 0.15) is 10.4 Å². The molecule has 108 valence electrons. The summed E-state index contributed by atoms with van der Waals surface area (Å²) in [6.45, 7) is 0. The van der Waals surface area contributed by atoms with Crippen LogP contribution in [0.25, 0.3) is 11.1 Å². The first-order valence-corrected chi connectivity index (χ1v) is 6.73. The van der Waals surface area contributed by atoms with Crippen molar-refractivity contribution in [2.75, 3.05) is 5.32 Å². The maximum absolute atomic E-state index is 12.1. The number of aromatic amines is 1. The van der Waals surface area contributed by atoms with E-state index in [1.807, 2.05) is 18.2 Å². The lowest BCUT2D eigenvalue weighted by Crippen LogP contribution is -2.19. The molecule has 22 heavy (non-hydrogen) atoms. The second-order valence-electron chi connectivity index (χ2n) is 4.69. The van der Waals surface area contributed by atoms with E-state index in [4.69, 9.17) is 0 Å². The Morgan fingerprint density at radius 1 is 1.00 bits per heavy atom. The smallest absolute Gasteiger partial charge is 0.271 e. The molecule has 0 atom stereocenters. The van der Waals surface area contributed by atoms with Gasteiger partial charge in [0.15, 0.2) is 0 Å². The zero-order valence-electron chi connectivity index (χ0n) is 11.6. The molecule has 1 amide bonds. The van der Waals surface area contributed by atoms with Crippen LogP contribution in [0.2, 0.25) is 0 Å². The van der Waals surface area contributed by atoms with Crippen LogP contribution in [0.15, 0.2) is 71.9 Å². The van der Waals surface area contributed by atoms with Crippen molar-refractivity contribution in [2.24, 2.45) is 0 Å². The molecule has 1 aromatic carbocycles. The summed E-state index contributed by atoms with van der Waals surface area (Å²) in [6.07, 6.45) is 4.95. The number of benzene rings is 1. The van der Waals surface area contributed by atoms with Gasteiger partial charge in [0.05, 0.1) is 0 Å². The van der Waals surface area contributed by atoms with Crippen molar-refractivity contribution in [3.05, 3.63) is 83.0 Å². The molecule has 0 fully saturated rings. The first kappa shape index (κ1) is 13.8. The molecule has 0 spiro atoms. The molecule has 0 aliphatic heterocycles. The van der Waals surface area contributed by atoms with Crippen LogP contribution >= 0.6 is 0 Å². The number of nitrogens with zero attached hydrogens (tertiary/aromatic N) is 1. The van der Waals surface area contributed by atoms with Crippen LogP contribution in [-0.2, 0) is 0 Å². The first-order valence-electron chi connectivity index (χ1n) is 6.73. The molecule has 3 rings (SSSR count). The summed E-state index contributed by atoms with van der Waals surface area (Å²) in [6, 6.07) is 14.1. The van der Waals surface area contributed by atoms with Crippen molar-refractivity contribution in [1.82, 2.24) is 9.97 Å². The Balaban J connectivity index is 1.91. The van der Waals surface area contributed by atoms with Crippen molar-refractivity contribution in [1.29, 1.82) is 0 Å². The van der Waals surface area contributed by atoms with Gasteiger partial charge in [0.25, 0.3) is 11.5 Å². The van der Waals surface area contributed by atoms with Crippen LogP contribution in [-0.4, -0.2) is 15.9 Å². The molecular weight excluding hydrogens is 278 g/mol. The van der Waals surface area contributed by atoms with E-state index in [1.165, 1.54) is 0 Å². The predicted molar refractivity (Wildman–Crippen MR) is 84.7 cm³/mol. The molecule has 5 nitrogen and oxygen atoms in total. The van der Waals surface area contributed by atoms with E-state index in [0.29, 0.717) is 5.56 Å². The Morgan fingerprint density at radius 2 is 1.73 bits per heavy atom. The number of carbonyl (C=O) groups excluding carboxylic acids is 1. The summed E-state index contributed by atoms with van der Waals surface area (Å²) in [5.41, 5.74) is 2.06. The van der Waals surface area contributed by atoms with E-state index in [0.717, 1.165) is 11.1 Å². The van der Waals surface area contributed by atoms with Crippen LogP contribution in [0.4, 0.5) is 5.69 Å². The van der Waals surface area contributed by atoms with Crippen molar-refractivity contribution < 1.29 is 4.79 Å². The van der Waals surface area contributed by atoms with E-state index >= 15 is 0 Å². The molecule has 2 heterocycles. The highest BCUT2D eigenvalue weighted by Gasteiger charge is 2.09. The number of hydrogen-bond acceptors (Lipinski definition) is 3. The fourth-order valence-electron chi connectivity index (χ4n) is 2.07. The highest BCUT2D eigenvalue weighted by Crippen LogP contribution is 2.18. The molecule has 5 heteroatoms. The third-order valence-electron chi connectivity index (χ3n) is 3.20. The zero-order valence-corrected chi connectivity index (χ0v) is 11.6. The molecule has 2 aromatic heterocycles. The Kier molecular flexibility index (Phi) is 3.78. The van der Waals surface area contributed by atoms with Gasteiger partial charge in [-0.25, -0.2) is 0 Å². The second-order valence-corrected chi connectivity index (χ2v) is 4.69. The minimum absolute atomic E-state index is 0.211. The van der Waals surface area contributed by atoms with E-state index < -0.39 is 0 Å². The van der Waals surface area contributed by atoms with Gasteiger partial charge in [-0.1, -0.05) is 18.2 Å². The number of rotatable bonds is 3.